The van der Waals surface area contributed by atoms with E-state index in [4.69, 9.17) is 5.11 Å². The van der Waals surface area contributed by atoms with Crippen molar-refractivity contribution in [1.29, 1.82) is 0 Å². The maximum Gasteiger partial charge on any atom is 0.339 e. The molecule has 0 radical (unpaired) electrons. The van der Waals surface area contributed by atoms with Gasteiger partial charge in [0, 0.05) is 13.1 Å². The van der Waals surface area contributed by atoms with Crippen LogP contribution in [0.2, 0.25) is 0 Å². The Labute approximate surface area is 115 Å². The molecule has 1 aromatic heterocycles. The fourth-order valence-electron chi connectivity index (χ4n) is 2.44. The third-order valence-electron chi connectivity index (χ3n) is 3.50. The number of carbonyl (C=O) groups is 2. The van der Waals surface area contributed by atoms with Crippen molar-refractivity contribution in [3.05, 3.63) is 52.8 Å². The SMILES string of the molecule is O=C(O)c1cn[nH]c1C(=O)N1CCc2ccccc2C1. The number of carboxylic acids is 1. The molecule has 0 bridgehead atoms. The summed E-state index contributed by atoms with van der Waals surface area (Å²) in [4.78, 5) is 25.1. The molecule has 0 unspecified atom stereocenters. The molecule has 2 N–H and O–H groups in total. The summed E-state index contributed by atoms with van der Waals surface area (Å²) in [6, 6.07) is 7.95. The second kappa shape index (κ2) is 4.80. The second-order valence-electron chi connectivity index (χ2n) is 4.71. The van der Waals surface area contributed by atoms with Crippen molar-refractivity contribution >= 4 is 11.9 Å². The van der Waals surface area contributed by atoms with Crippen LogP contribution in [-0.4, -0.2) is 38.6 Å². The predicted molar refractivity (Wildman–Crippen MR) is 70.4 cm³/mol. The molecule has 6 heteroatoms. The number of fused-ring (bicyclic) bond motifs is 1. The lowest BCUT2D eigenvalue weighted by molar-refractivity contribution is 0.0668. The summed E-state index contributed by atoms with van der Waals surface area (Å²) in [6.45, 7) is 1.07. The van der Waals surface area contributed by atoms with Gasteiger partial charge in [0.1, 0.15) is 11.3 Å². The molecule has 1 amide bonds. The van der Waals surface area contributed by atoms with E-state index in [0.717, 1.165) is 18.2 Å². The van der Waals surface area contributed by atoms with E-state index in [9.17, 15) is 9.59 Å². The quantitative estimate of drug-likeness (QED) is 0.862. The van der Waals surface area contributed by atoms with E-state index >= 15 is 0 Å². The molecule has 1 aliphatic rings. The Kier molecular flexibility index (Phi) is 2.98. The van der Waals surface area contributed by atoms with Crippen molar-refractivity contribution in [2.24, 2.45) is 0 Å². The van der Waals surface area contributed by atoms with Crippen LogP contribution < -0.4 is 0 Å². The number of H-pyrrole nitrogens is 1. The average Bonchev–Trinajstić information content (AvgIpc) is 2.95. The van der Waals surface area contributed by atoms with E-state index < -0.39 is 5.97 Å². The van der Waals surface area contributed by atoms with E-state index in [1.54, 1.807) is 4.90 Å². The molecule has 1 aromatic carbocycles. The minimum atomic E-state index is -1.15. The van der Waals surface area contributed by atoms with Crippen molar-refractivity contribution in [2.75, 3.05) is 6.54 Å². The van der Waals surface area contributed by atoms with Crippen LogP contribution in [0.3, 0.4) is 0 Å². The Morgan fingerprint density at radius 1 is 1.25 bits per heavy atom. The normalized spacial score (nSPS) is 13.9. The molecule has 0 aliphatic carbocycles. The summed E-state index contributed by atoms with van der Waals surface area (Å²) in [6.07, 6.45) is 1.94. The molecule has 102 valence electrons. The van der Waals surface area contributed by atoms with Gasteiger partial charge in [-0.1, -0.05) is 24.3 Å². The maximum atomic E-state index is 12.4. The first-order chi connectivity index (χ1) is 9.66. The lowest BCUT2D eigenvalue weighted by Crippen LogP contribution is -2.36. The molecule has 0 fully saturated rings. The third-order valence-corrected chi connectivity index (χ3v) is 3.50. The molecule has 6 nitrogen and oxygen atoms in total. The highest BCUT2D eigenvalue weighted by molar-refractivity contribution is 6.03. The largest absolute Gasteiger partial charge is 0.478 e. The van der Waals surface area contributed by atoms with E-state index in [2.05, 4.69) is 16.3 Å². The molecule has 0 saturated carbocycles. The fraction of sp³-hybridized carbons (Fsp3) is 0.214. The number of rotatable bonds is 2. The zero-order valence-corrected chi connectivity index (χ0v) is 10.7. The monoisotopic (exact) mass is 271 g/mol. The minimum absolute atomic E-state index is 0.0388. The number of nitrogens with zero attached hydrogens (tertiary/aromatic N) is 2. The smallest absolute Gasteiger partial charge is 0.339 e. The van der Waals surface area contributed by atoms with E-state index in [0.29, 0.717) is 13.1 Å². The number of benzene rings is 1. The number of aromatic amines is 1. The van der Waals surface area contributed by atoms with Gasteiger partial charge in [-0.3, -0.25) is 9.89 Å². The number of amides is 1. The van der Waals surface area contributed by atoms with Crippen molar-refractivity contribution < 1.29 is 14.7 Å². The number of aromatic nitrogens is 2. The molecule has 2 heterocycles. The van der Waals surface area contributed by atoms with Gasteiger partial charge >= 0.3 is 5.97 Å². The van der Waals surface area contributed by atoms with Crippen LogP contribution in [0.25, 0.3) is 0 Å². The second-order valence-corrected chi connectivity index (χ2v) is 4.71. The molecule has 0 atom stereocenters. The minimum Gasteiger partial charge on any atom is -0.478 e. The lowest BCUT2D eigenvalue weighted by Gasteiger charge is -2.28. The summed E-state index contributed by atoms with van der Waals surface area (Å²) in [5.74, 6) is -1.48. The average molecular weight is 271 g/mol. The van der Waals surface area contributed by atoms with Gasteiger partial charge in [-0.2, -0.15) is 5.10 Å². The molecule has 3 rings (SSSR count). The van der Waals surface area contributed by atoms with Crippen LogP contribution in [0, 0.1) is 0 Å². The van der Waals surface area contributed by atoms with Crippen LogP contribution in [0.5, 0.6) is 0 Å². The van der Waals surface area contributed by atoms with Crippen molar-refractivity contribution in [3.8, 4) is 0 Å². The highest BCUT2D eigenvalue weighted by Crippen LogP contribution is 2.20. The van der Waals surface area contributed by atoms with Gasteiger partial charge in [0.15, 0.2) is 0 Å². The molecule has 0 spiro atoms. The maximum absolute atomic E-state index is 12.4. The van der Waals surface area contributed by atoms with Crippen LogP contribution in [0.1, 0.15) is 32.0 Å². The highest BCUT2D eigenvalue weighted by atomic mass is 16.4. The van der Waals surface area contributed by atoms with Crippen molar-refractivity contribution in [2.45, 2.75) is 13.0 Å². The van der Waals surface area contributed by atoms with Crippen LogP contribution in [0.15, 0.2) is 30.5 Å². The number of hydrogen-bond donors (Lipinski definition) is 2. The first-order valence-corrected chi connectivity index (χ1v) is 6.29. The van der Waals surface area contributed by atoms with Gasteiger partial charge in [0.2, 0.25) is 0 Å². The molecular weight excluding hydrogens is 258 g/mol. The Balaban J connectivity index is 1.86. The topological polar surface area (TPSA) is 86.3 Å². The zero-order valence-electron chi connectivity index (χ0n) is 10.7. The van der Waals surface area contributed by atoms with Gasteiger partial charge < -0.3 is 10.0 Å². The standard InChI is InChI=1S/C14H13N3O3/c18-13(12-11(14(19)20)7-15-16-12)17-6-5-9-3-1-2-4-10(9)8-17/h1-4,7H,5-6,8H2,(H,15,16)(H,19,20). The van der Waals surface area contributed by atoms with Gasteiger partial charge in [0.25, 0.3) is 5.91 Å². The number of nitrogens with one attached hydrogen (secondary N) is 1. The number of aromatic carboxylic acids is 1. The number of carbonyl (C=O) groups excluding carboxylic acids is 1. The third kappa shape index (κ3) is 2.05. The van der Waals surface area contributed by atoms with Crippen LogP contribution in [0.4, 0.5) is 0 Å². The number of hydrogen-bond acceptors (Lipinski definition) is 3. The zero-order chi connectivity index (χ0) is 14.1. The fourth-order valence-corrected chi connectivity index (χ4v) is 2.44. The van der Waals surface area contributed by atoms with Gasteiger partial charge in [0.05, 0.1) is 6.20 Å². The number of carboxylic acid groups (broad SMARTS) is 1. The Morgan fingerprint density at radius 3 is 2.75 bits per heavy atom. The van der Waals surface area contributed by atoms with Crippen molar-refractivity contribution in [1.82, 2.24) is 15.1 Å². The summed E-state index contributed by atoms with van der Waals surface area (Å²) in [5, 5.41) is 15.2. The summed E-state index contributed by atoms with van der Waals surface area (Å²) in [5.41, 5.74) is 2.29. The summed E-state index contributed by atoms with van der Waals surface area (Å²) < 4.78 is 0. The van der Waals surface area contributed by atoms with Crippen LogP contribution >= 0.6 is 0 Å². The Hall–Kier alpha value is -2.63. The first-order valence-electron chi connectivity index (χ1n) is 6.29. The summed E-state index contributed by atoms with van der Waals surface area (Å²) >= 11 is 0. The van der Waals surface area contributed by atoms with Crippen LogP contribution in [-0.2, 0) is 13.0 Å². The van der Waals surface area contributed by atoms with E-state index in [1.165, 1.54) is 5.56 Å². The predicted octanol–water partition coefficient (Wildman–Crippen LogP) is 1.31. The highest BCUT2D eigenvalue weighted by Gasteiger charge is 2.26. The van der Waals surface area contributed by atoms with Gasteiger partial charge in [-0.25, -0.2) is 4.79 Å². The first kappa shape index (κ1) is 12.4. The molecular formula is C14H13N3O3. The van der Waals surface area contributed by atoms with Gasteiger partial charge in [-0.05, 0) is 17.5 Å². The molecule has 0 saturated heterocycles. The molecule has 20 heavy (non-hydrogen) atoms. The summed E-state index contributed by atoms with van der Waals surface area (Å²) in [7, 11) is 0. The molecule has 2 aromatic rings. The van der Waals surface area contributed by atoms with Gasteiger partial charge in [-0.15, -0.1) is 0 Å². The lowest BCUT2D eigenvalue weighted by atomic mass is 9.99. The van der Waals surface area contributed by atoms with E-state index in [1.807, 2.05) is 18.2 Å². The van der Waals surface area contributed by atoms with Crippen molar-refractivity contribution in [3.63, 3.8) is 0 Å². The Morgan fingerprint density at radius 2 is 2.00 bits per heavy atom. The van der Waals surface area contributed by atoms with E-state index in [-0.39, 0.29) is 17.2 Å². The Bertz CT molecular complexity index is 678. The molecule has 1 aliphatic heterocycles.